The van der Waals surface area contributed by atoms with Gasteiger partial charge in [0.05, 0.1) is 0 Å². The van der Waals surface area contributed by atoms with E-state index in [1.807, 2.05) is 20.8 Å². The minimum atomic E-state index is -0.451. The van der Waals surface area contributed by atoms with E-state index in [1.165, 1.54) is 0 Å². The molecular weight excluding hydrogens is 246 g/mol. The number of likely N-dealkylation sites (tertiary alicyclic amines) is 1. The predicted molar refractivity (Wildman–Crippen MR) is 72.9 cm³/mol. The Kier molecular flexibility index (Phi) is 5.17. The molecule has 1 saturated heterocycles. The second kappa shape index (κ2) is 6.23. The van der Waals surface area contributed by atoms with Gasteiger partial charge < -0.3 is 19.9 Å². The average molecular weight is 271 g/mol. The number of nitrogens with one attached hydrogen (secondary N) is 1. The lowest BCUT2D eigenvalue weighted by Gasteiger charge is -2.40. The summed E-state index contributed by atoms with van der Waals surface area (Å²) in [7, 11) is 3.49. The summed E-state index contributed by atoms with van der Waals surface area (Å²) in [6.45, 7) is 7.49. The molecule has 110 valence electrons. The average Bonchev–Trinajstić information content (AvgIpc) is 2.17. The van der Waals surface area contributed by atoms with Crippen molar-refractivity contribution in [2.75, 3.05) is 33.7 Å². The van der Waals surface area contributed by atoms with E-state index in [0.717, 1.165) is 0 Å². The van der Waals surface area contributed by atoms with Crippen LogP contribution < -0.4 is 5.32 Å². The second-order valence-corrected chi connectivity index (χ2v) is 6.07. The molecule has 1 fully saturated rings. The van der Waals surface area contributed by atoms with Crippen LogP contribution in [0.15, 0.2) is 0 Å². The van der Waals surface area contributed by atoms with Gasteiger partial charge in [-0.05, 0) is 20.8 Å². The first kappa shape index (κ1) is 15.8. The lowest BCUT2D eigenvalue weighted by atomic mass is 10.1. The number of nitrogens with zero attached hydrogens (tertiary/aromatic N) is 2. The molecule has 0 radical (unpaired) electrons. The molecule has 6 heteroatoms. The van der Waals surface area contributed by atoms with Crippen molar-refractivity contribution in [3.63, 3.8) is 0 Å². The van der Waals surface area contributed by atoms with Crippen molar-refractivity contribution in [2.24, 2.45) is 0 Å². The first-order valence-electron chi connectivity index (χ1n) is 6.60. The standard InChI is InChI=1S/C13H25N3O3/c1-13(2,3)19-12(18)16-8-10(9-16)14-7-6-11(17)15(4)5/h10,14H,6-9H2,1-5H3. The maximum atomic E-state index is 11.7. The van der Waals surface area contributed by atoms with Crippen LogP contribution in [-0.2, 0) is 9.53 Å². The van der Waals surface area contributed by atoms with Gasteiger partial charge in [0.25, 0.3) is 0 Å². The second-order valence-electron chi connectivity index (χ2n) is 6.07. The Bertz CT molecular complexity index is 331. The Labute approximate surface area is 115 Å². The highest BCUT2D eigenvalue weighted by Crippen LogP contribution is 2.15. The third kappa shape index (κ3) is 5.46. The summed E-state index contributed by atoms with van der Waals surface area (Å²) >= 11 is 0. The number of carbonyl (C=O) groups excluding carboxylic acids is 2. The van der Waals surface area contributed by atoms with E-state index in [-0.39, 0.29) is 18.0 Å². The van der Waals surface area contributed by atoms with Crippen LogP contribution in [0.4, 0.5) is 4.79 Å². The van der Waals surface area contributed by atoms with E-state index in [9.17, 15) is 9.59 Å². The summed E-state index contributed by atoms with van der Waals surface area (Å²) < 4.78 is 5.26. The quantitative estimate of drug-likeness (QED) is 0.816. The number of carbonyl (C=O) groups is 2. The zero-order valence-electron chi connectivity index (χ0n) is 12.5. The summed E-state index contributed by atoms with van der Waals surface area (Å²) in [5.41, 5.74) is -0.451. The molecule has 0 unspecified atom stereocenters. The molecule has 1 N–H and O–H groups in total. The molecule has 6 nitrogen and oxygen atoms in total. The Balaban J connectivity index is 2.14. The molecule has 1 aliphatic rings. The maximum Gasteiger partial charge on any atom is 0.410 e. The maximum absolute atomic E-state index is 11.7. The molecule has 1 rings (SSSR count). The molecule has 0 aromatic rings. The molecule has 0 saturated carbocycles. The number of rotatable bonds is 4. The third-order valence-electron chi connectivity index (χ3n) is 2.80. The third-order valence-corrected chi connectivity index (χ3v) is 2.80. The van der Waals surface area contributed by atoms with E-state index in [1.54, 1.807) is 23.9 Å². The van der Waals surface area contributed by atoms with Gasteiger partial charge in [0, 0.05) is 46.2 Å². The fourth-order valence-corrected chi connectivity index (χ4v) is 1.69. The molecular formula is C13H25N3O3. The Morgan fingerprint density at radius 1 is 1.32 bits per heavy atom. The number of hydrogen-bond donors (Lipinski definition) is 1. The Hall–Kier alpha value is -1.30. The minimum absolute atomic E-state index is 0.107. The highest BCUT2D eigenvalue weighted by atomic mass is 16.6. The molecule has 0 atom stereocenters. The summed E-state index contributed by atoms with van der Waals surface area (Å²) in [5.74, 6) is 0.107. The van der Waals surface area contributed by atoms with Crippen molar-refractivity contribution < 1.29 is 14.3 Å². The molecule has 0 aromatic carbocycles. The van der Waals surface area contributed by atoms with Gasteiger partial charge in [-0.15, -0.1) is 0 Å². The molecule has 0 aliphatic carbocycles. The van der Waals surface area contributed by atoms with Crippen LogP contribution in [0.2, 0.25) is 0 Å². The first-order chi connectivity index (χ1) is 8.69. The monoisotopic (exact) mass is 271 g/mol. The van der Waals surface area contributed by atoms with Gasteiger partial charge in [0.1, 0.15) is 5.60 Å². The van der Waals surface area contributed by atoms with Crippen LogP contribution in [0, 0.1) is 0 Å². The fourth-order valence-electron chi connectivity index (χ4n) is 1.69. The van der Waals surface area contributed by atoms with Crippen LogP contribution in [-0.4, -0.2) is 67.2 Å². The van der Waals surface area contributed by atoms with Crippen LogP contribution in [0.25, 0.3) is 0 Å². The molecule has 2 amide bonds. The van der Waals surface area contributed by atoms with Gasteiger partial charge in [-0.1, -0.05) is 0 Å². The lowest BCUT2D eigenvalue weighted by molar-refractivity contribution is -0.128. The van der Waals surface area contributed by atoms with Crippen molar-refractivity contribution in [1.82, 2.24) is 15.1 Å². The molecule has 1 aliphatic heterocycles. The van der Waals surface area contributed by atoms with Gasteiger partial charge in [-0.3, -0.25) is 4.79 Å². The number of hydrogen-bond acceptors (Lipinski definition) is 4. The smallest absolute Gasteiger partial charge is 0.410 e. The van der Waals surface area contributed by atoms with Gasteiger partial charge in [-0.2, -0.15) is 0 Å². The molecule has 1 heterocycles. The number of ether oxygens (including phenoxy) is 1. The highest BCUT2D eigenvalue weighted by molar-refractivity contribution is 5.75. The predicted octanol–water partition coefficient (Wildman–Crippen LogP) is 0.674. The van der Waals surface area contributed by atoms with Crippen molar-refractivity contribution >= 4 is 12.0 Å². The Morgan fingerprint density at radius 2 is 1.89 bits per heavy atom. The van der Waals surface area contributed by atoms with Crippen LogP contribution >= 0.6 is 0 Å². The van der Waals surface area contributed by atoms with E-state index in [0.29, 0.717) is 26.1 Å². The van der Waals surface area contributed by atoms with Crippen LogP contribution in [0.3, 0.4) is 0 Å². The van der Waals surface area contributed by atoms with Gasteiger partial charge in [-0.25, -0.2) is 4.79 Å². The van der Waals surface area contributed by atoms with E-state index < -0.39 is 5.60 Å². The van der Waals surface area contributed by atoms with Gasteiger partial charge in [0.2, 0.25) is 5.91 Å². The van der Waals surface area contributed by atoms with Gasteiger partial charge >= 0.3 is 6.09 Å². The molecule has 0 bridgehead atoms. The summed E-state index contributed by atoms with van der Waals surface area (Å²) in [5, 5.41) is 3.26. The minimum Gasteiger partial charge on any atom is -0.444 e. The van der Waals surface area contributed by atoms with E-state index in [2.05, 4.69) is 5.32 Å². The SMILES string of the molecule is CN(C)C(=O)CCNC1CN(C(=O)OC(C)(C)C)C1. The zero-order valence-corrected chi connectivity index (χ0v) is 12.5. The molecule has 0 spiro atoms. The summed E-state index contributed by atoms with van der Waals surface area (Å²) in [6, 6.07) is 0.266. The van der Waals surface area contributed by atoms with Gasteiger partial charge in [0.15, 0.2) is 0 Å². The van der Waals surface area contributed by atoms with Crippen molar-refractivity contribution in [2.45, 2.75) is 38.8 Å². The van der Waals surface area contributed by atoms with Crippen molar-refractivity contribution in [1.29, 1.82) is 0 Å². The lowest BCUT2D eigenvalue weighted by Crippen LogP contribution is -2.60. The Morgan fingerprint density at radius 3 is 2.37 bits per heavy atom. The topological polar surface area (TPSA) is 61.9 Å². The summed E-state index contributed by atoms with van der Waals surface area (Å²) in [6.07, 6.45) is 0.213. The largest absolute Gasteiger partial charge is 0.444 e. The van der Waals surface area contributed by atoms with Crippen molar-refractivity contribution in [3.8, 4) is 0 Å². The highest BCUT2D eigenvalue weighted by Gasteiger charge is 2.33. The van der Waals surface area contributed by atoms with E-state index in [4.69, 9.17) is 4.74 Å². The fraction of sp³-hybridized carbons (Fsp3) is 0.846. The first-order valence-corrected chi connectivity index (χ1v) is 6.60. The summed E-state index contributed by atoms with van der Waals surface area (Å²) in [4.78, 5) is 26.3. The molecule has 19 heavy (non-hydrogen) atoms. The molecule has 0 aromatic heterocycles. The number of amides is 2. The van der Waals surface area contributed by atoms with Crippen LogP contribution in [0.5, 0.6) is 0 Å². The zero-order chi connectivity index (χ0) is 14.6. The normalized spacial score (nSPS) is 15.9. The van der Waals surface area contributed by atoms with Crippen LogP contribution in [0.1, 0.15) is 27.2 Å². The van der Waals surface area contributed by atoms with E-state index >= 15 is 0 Å². The van der Waals surface area contributed by atoms with Crippen molar-refractivity contribution in [3.05, 3.63) is 0 Å².